The van der Waals surface area contributed by atoms with Gasteiger partial charge < -0.3 is 24.4 Å². The van der Waals surface area contributed by atoms with Crippen LogP contribution in [0.3, 0.4) is 0 Å². The zero-order valence-corrected chi connectivity index (χ0v) is 25.5. The van der Waals surface area contributed by atoms with Crippen molar-refractivity contribution in [3.8, 4) is 17.2 Å². The first kappa shape index (κ1) is 32.3. The van der Waals surface area contributed by atoms with Gasteiger partial charge in [-0.25, -0.2) is 8.42 Å². The summed E-state index contributed by atoms with van der Waals surface area (Å²) in [5.41, 5.74) is 0.847. The number of hydrogen-bond donors (Lipinski definition) is 1. The number of hydrogen-bond acceptors (Lipinski definition) is 7. The van der Waals surface area contributed by atoms with E-state index in [1.807, 2.05) is 19.9 Å². The molecule has 0 heterocycles. The van der Waals surface area contributed by atoms with E-state index in [0.29, 0.717) is 24.5 Å². The molecule has 1 atom stereocenters. The molecule has 0 spiro atoms. The largest absolute Gasteiger partial charge is 0.497 e. The topological polar surface area (TPSA) is 114 Å². The lowest BCUT2D eigenvalue weighted by Crippen LogP contribution is -2.52. The van der Waals surface area contributed by atoms with Crippen LogP contribution in [0.2, 0.25) is 0 Å². The molecule has 0 aromatic heterocycles. The second kappa shape index (κ2) is 15.1. The van der Waals surface area contributed by atoms with Crippen molar-refractivity contribution in [3.63, 3.8) is 0 Å². The molecule has 3 aromatic carbocycles. The third kappa shape index (κ3) is 7.73. The lowest BCUT2D eigenvalue weighted by molar-refractivity contribution is -0.140. The van der Waals surface area contributed by atoms with Crippen molar-refractivity contribution in [3.05, 3.63) is 78.4 Å². The predicted molar refractivity (Wildman–Crippen MR) is 161 cm³/mol. The fraction of sp³-hybridized carbons (Fsp3) is 0.355. The van der Waals surface area contributed by atoms with Crippen molar-refractivity contribution in [2.24, 2.45) is 0 Å². The smallest absolute Gasteiger partial charge is 0.264 e. The van der Waals surface area contributed by atoms with Gasteiger partial charge in [-0.2, -0.15) is 0 Å². The minimum Gasteiger partial charge on any atom is -0.497 e. The van der Waals surface area contributed by atoms with E-state index in [1.165, 1.54) is 37.3 Å². The number of sulfonamides is 1. The first-order valence-electron chi connectivity index (χ1n) is 13.7. The number of nitrogens with one attached hydrogen (secondary N) is 1. The normalized spacial score (nSPS) is 11.7. The van der Waals surface area contributed by atoms with Gasteiger partial charge in [0, 0.05) is 19.2 Å². The second-order valence-electron chi connectivity index (χ2n) is 9.45. The molecule has 0 saturated carbocycles. The summed E-state index contributed by atoms with van der Waals surface area (Å²) in [5.74, 6) is 0.325. The molecule has 0 radical (unpaired) electrons. The number of methoxy groups -OCH3 is 3. The zero-order chi connectivity index (χ0) is 30.7. The molecular weight excluding hydrogens is 558 g/mol. The number of anilines is 1. The number of amides is 2. The Kier molecular flexibility index (Phi) is 11.6. The molecule has 10 nitrogen and oxygen atoms in total. The van der Waals surface area contributed by atoms with E-state index in [2.05, 4.69) is 5.32 Å². The molecule has 0 aliphatic rings. The van der Waals surface area contributed by atoms with E-state index in [9.17, 15) is 18.0 Å². The molecule has 3 aromatic rings. The first-order chi connectivity index (χ1) is 20.2. The molecule has 226 valence electrons. The second-order valence-corrected chi connectivity index (χ2v) is 11.3. The number of carbonyl (C=O) groups excluding carboxylic acids is 2. The Labute approximate surface area is 248 Å². The van der Waals surface area contributed by atoms with Crippen LogP contribution in [0, 0.1) is 0 Å². The van der Waals surface area contributed by atoms with Crippen LogP contribution in [-0.4, -0.2) is 65.6 Å². The van der Waals surface area contributed by atoms with E-state index >= 15 is 0 Å². The highest BCUT2D eigenvalue weighted by Gasteiger charge is 2.35. The predicted octanol–water partition coefficient (Wildman–Crippen LogP) is 4.24. The summed E-state index contributed by atoms with van der Waals surface area (Å²) < 4.78 is 45.4. The summed E-state index contributed by atoms with van der Waals surface area (Å²) in [7, 11) is 0.163. The first-order valence-corrected chi connectivity index (χ1v) is 15.1. The highest BCUT2D eigenvalue weighted by Crippen LogP contribution is 2.36. The molecule has 42 heavy (non-hydrogen) atoms. The molecule has 3 rings (SSSR count). The summed E-state index contributed by atoms with van der Waals surface area (Å²) in [5, 5.41) is 2.88. The standard InChI is InChI=1S/C31H39N3O7S/c1-6-18-32-31(36)27(7-2)33(21-23-12-11-13-24(19-23)39-3)30(35)22-34(42(37,38)26-14-9-8-10-15-26)28-20-25(40-4)16-17-29(28)41-5/h8-17,19-20,27H,6-7,18,21-22H2,1-5H3,(H,32,36). The summed E-state index contributed by atoms with van der Waals surface area (Å²) >= 11 is 0. The molecule has 0 aliphatic heterocycles. The van der Waals surface area contributed by atoms with E-state index in [4.69, 9.17) is 14.2 Å². The number of nitrogens with zero attached hydrogens (tertiary/aromatic N) is 2. The van der Waals surface area contributed by atoms with Crippen LogP contribution < -0.4 is 23.8 Å². The van der Waals surface area contributed by atoms with Gasteiger partial charge in [0.1, 0.15) is 29.8 Å². The molecule has 11 heteroatoms. The van der Waals surface area contributed by atoms with Gasteiger partial charge in [-0.3, -0.25) is 13.9 Å². The molecule has 0 saturated heterocycles. The number of rotatable bonds is 15. The third-order valence-corrected chi connectivity index (χ3v) is 8.46. The monoisotopic (exact) mass is 597 g/mol. The van der Waals surface area contributed by atoms with Gasteiger partial charge in [-0.1, -0.05) is 44.2 Å². The van der Waals surface area contributed by atoms with Crippen LogP contribution in [0.25, 0.3) is 0 Å². The lowest BCUT2D eigenvalue weighted by Gasteiger charge is -2.33. The number of benzene rings is 3. The molecule has 2 amide bonds. The zero-order valence-electron chi connectivity index (χ0n) is 24.7. The van der Waals surface area contributed by atoms with Crippen molar-refractivity contribution in [2.45, 2.75) is 44.2 Å². The van der Waals surface area contributed by atoms with Crippen LogP contribution in [-0.2, 0) is 26.2 Å². The highest BCUT2D eigenvalue weighted by atomic mass is 32.2. The SMILES string of the molecule is CCCNC(=O)C(CC)N(Cc1cccc(OC)c1)C(=O)CN(c1cc(OC)ccc1OC)S(=O)(=O)c1ccccc1. The van der Waals surface area contributed by atoms with Crippen LogP contribution >= 0.6 is 0 Å². The van der Waals surface area contributed by atoms with Gasteiger partial charge in [0.25, 0.3) is 10.0 Å². The Morgan fingerprint density at radius 3 is 2.17 bits per heavy atom. The van der Waals surface area contributed by atoms with Gasteiger partial charge in [0.2, 0.25) is 11.8 Å². The van der Waals surface area contributed by atoms with Crippen molar-refractivity contribution in [2.75, 3.05) is 38.7 Å². The number of ether oxygens (including phenoxy) is 3. The average Bonchev–Trinajstić information content (AvgIpc) is 3.02. The number of carbonyl (C=O) groups is 2. The average molecular weight is 598 g/mol. The molecule has 0 bridgehead atoms. The third-order valence-electron chi connectivity index (χ3n) is 6.69. The van der Waals surface area contributed by atoms with Crippen molar-refractivity contribution in [1.29, 1.82) is 0 Å². The van der Waals surface area contributed by atoms with E-state index in [-0.39, 0.29) is 28.8 Å². The summed E-state index contributed by atoms with van der Waals surface area (Å²) in [6, 6.07) is 18.9. The molecule has 0 fully saturated rings. The van der Waals surface area contributed by atoms with Crippen molar-refractivity contribution in [1.82, 2.24) is 10.2 Å². The Morgan fingerprint density at radius 1 is 0.857 bits per heavy atom. The minimum absolute atomic E-state index is 0.00486. The Morgan fingerprint density at radius 2 is 1.55 bits per heavy atom. The van der Waals surface area contributed by atoms with E-state index in [1.54, 1.807) is 55.6 Å². The molecule has 0 aliphatic carbocycles. The van der Waals surface area contributed by atoms with Crippen LogP contribution in [0.5, 0.6) is 17.2 Å². The van der Waals surface area contributed by atoms with Crippen molar-refractivity contribution < 1.29 is 32.2 Å². The Hall–Kier alpha value is -4.25. The van der Waals surface area contributed by atoms with Crippen molar-refractivity contribution >= 4 is 27.5 Å². The van der Waals surface area contributed by atoms with E-state index in [0.717, 1.165) is 16.3 Å². The fourth-order valence-electron chi connectivity index (χ4n) is 4.48. The minimum atomic E-state index is -4.26. The van der Waals surface area contributed by atoms with Gasteiger partial charge >= 0.3 is 0 Å². The molecule has 1 unspecified atom stereocenters. The van der Waals surface area contributed by atoms with Crippen LogP contribution in [0.1, 0.15) is 32.3 Å². The highest BCUT2D eigenvalue weighted by molar-refractivity contribution is 7.92. The Bertz CT molecular complexity index is 1450. The maximum atomic E-state index is 14.2. The van der Waals surface area contributed by atoms with Gasteiger partial charge in [-0.05, 0) is 54.8 Å². The maximum Gasteiger partial charge on any atom is 0.264 e. The summed E-state index contributed by atoms with van der Waals surface area (Å²) in [4.78, 5) is 28.9. The fourth-order valence-corrected chi connectivity index (χ4v) is 5.92. The van der Waals surface area contributed by atoms with E-state index < -0.39 is 28.5 Å². The van der Waals surface area contributed by atoms with Gasteiger partial charge in [-0.15, -0.1) is 0 Å². The summed E-state index contributed by atoms with van der Waals surface area (Å²) in [6.45, 7) is 3.66. The molecular formula is C31H39N3O7S. The van der Waals surface area contributed by atoms with Gasteiger partial charge in [0.15, 0.2) is 0 Å². The van der Waals surface area contributed by atoms with Gasteiger partial charge in [0.05, 0.1) is 31.9 Å². The maximum absolute atomic E-state index is 14.2. The summed E-state index contributed by atoms with van der Waals surface area (Å²) in [6.07, 6.45) is 1.05. The quantitative estimate of drug-likeness (QED) is 0.279. The Balaban J connectivity index is 2.13. The molecule has 1 N–H and O–H groups in total. The van der Waals surface area contributed by atoms with Crippen LogP contribution in [0.4, 0.5) is 5.69 Å². The lowest BCUT2D eigenvalue weighted by atomic mass is 10.1. The van der Waals surface area contributed by atoms with Crippen LogP contribution in [0.15, 0.2) is 77.7 Å².